The van der Waals surface area contributed by atoms with Gasteiger partial charge in [-0.1, -0.05) is 6.07 Å². The van der Waals surface area contributed by atoms with E-state index in [9.17, 15) is 9.90 Å². The van der Waals surface area contributed by atoms with Crippen molar-refractivity contribution in [3.05, 3.63) is 59.4 Å². The molecule has 0 fully saturated rings. The molecule has 1 N–H and O–H groups in total. The van der Waals surface area contributed by atoms with E-state index in [-0.39, 0.29) is 11.7 Å². The molecule has 0 aliphatic heterocycles. The van der Waals surface area contributed by atoms with Crippen molar-refractivity contribution in [3.63, 3.8) is 0 Å². The van der Waals surface area contributed by atoms with E-state index in [1.165, 1.54) is 6.07 Å². The molecular weight excluding hydrogens is 252 g/mol. The van der Waals surface area contributed by atoms with Crippen molar-refractivity contribution < 1.29 is 9.90 Å². The Balaban J connectivity index is 2.21. The van der Waals surface area contributed by atoms with E-state index in [2.05, 4.69) is 4.98 Å². The molecule has 1 aromatic carbocycles. The number of hydrogen-bond acceptors (Lipinski definition) is 3. The van der Waals surface area contributed by atoms with Crippen molar-refractivity contribution in [1.29, 1.82) is 0 Å². The van der Waals surface area contributed by atoms with Gasteiger partial charge < -0.3 is 10.0 Å². The number of aryl methyl sites for hydroxylation is 1. The van der Waals surface area contributed by atoms with Crippen LogP contribution in [0.4, 0.5) is 0 Å². The molecule has 20 heavy (non-hydrogen) atoms. The van der Waals surface area contributed by atoms with Gasteiger partial charge >= 0.3 is 0 Å². The summed E-state index contributed by atoms with van der Waals surface area (Å²) in [5.41, 5.74) is 2.40. The van der Waals surface area contributed by atoms with Gasteiger partial charge in [0.15, 0.2) is 0 Å². The Labute approximate surface area is 118 Å². The van der Waals surface area contributed by atoms with Crippen LogP contribution < -0.4 is 0 Å². The molecule has 0 saturated heterocycles. The molecule has 0 atom stereocenters. The zero-order valence-electron chi connectivity index (χ0n) is 11.7. The van der Waals surface area contributed by atoms with Crippen molar-refractivity contribution in [2.75, 3.05) is 6.54 Å². The van der Waals surface area contributed by atoms with E-state index in [1.807, 2.05) is 26.0 Å². The molecule has 2 aromatic rings. The average molecular weight is 270 g/mol. The Kier molecular flexibility index (Phi) is 4.35. The highest BCUT2D eigenvalue weighted by Gasteiger charge is 2.16. The average Bonchev–Trinajstić information content (AvgIpc) is 2.45. The molecule has 1 heterocycles. The molecular formula is C16H18N2O2. The van der Waals surface area contributed by atoms with Crippen LogP contribution in [-0.2, 0) is 6.54 Å². The Hall–Kier alpha value is -2.36. The quantitative estimate of drug-likeness (QED) is 0.929. The van der Waals surface area contributed by atoms with Crippen molar-refractivity contribution >= 4 is 5.91 Å². The molecule has 104 valence electrons. The Morgan fingerprint density at radius 2 is 2.15 bits per heavy atom. The second-order valence-electron chi connectivity index (χ2n) is 4.68. The minimum atomic E-state index is -0.0335. The van der Waals surface area contributed by atoms with E-state index in [0.717, 1.165) is 11.1 Å². The number of carbonyl (C=O) groups is 1. The number of hydrogen-bond donors (Lipinski definition) is 1. The SMILES string of the molecule is CCN(Cc1cccnc1)C(=O)c1ccc(O)cc1C. The highest BCUT2D eigenvalue weighted by atomic mass is 16.3. The lowest BCUT2D eigenvalue weighted by Crippen LogP contribution is -2.30. The van der Waals surface area contributed by atoms with Crippen LogP contribution in [0.5, 0.6) is 5.75 Å². The predicted molar refractivity (Wildman–Crippen MR) is 77.5 cm³/mol. The maximum Gasteiger partial charge on any atom is 0.254 e. The van der Waals surface area contributed by atoms with Gasteiger partial charge in [-0.2, -0.15) is 0 Å². The Morgan fingerprint density at radius 1 is 1.35 bits per heavy atom. The normalized spacial score (nSPS) is 10.3. The molecule has 0 spiro atoms. The summed E-state index contributed by atoms with van der Waals surface area (Å²) in [5, 5.41) is 9.42. The van der Waals surface area contributed by atoms with E-state index in [4.69, 9.17) is 0 Å². The first-order valence-corrected chi connectivity index (χ1v) is 6.59. The maximum atomic E-state index is 12.5. The standard InChI is InChI=1S/C16H18N2O2/c1-3-18(11-13-5-4-8-17-10-13)16(20)15-7-6-14(19)9-12(15)2/h4-10,19H,3,11H2,1-2H3. The first kappa shape index (κ1) is 14.1. The molecule has 0 bridgehead atoms. The largest absolute Gasteiger partial charge is 0.508 e. The zero-order valence-corrected chi connectivity index (χ0v) is 11.7. The fourth-order valence-corrected chi connectivity index (χ4v) is 2.10. The summed E-state index contributed by atoms with van der Waals surface area (Å²) < 4.78 is 0. The van der Waals surface area contributed by atoms with Gasteiger partial charge in [-0.25, -0.2) is 0 Å². The predicted octanol–water partition coefficient (Wildman–Crippen LogP) is 2.76. The Bertz CT molecular complexity index is 597. The summed E-state index contributed by atoms with van der Waals surface area (Å²) in [6.45, 7) is 4.92. The van der Waals surface area contributed by atoms with Crippen LogP contribution >= 0.6 is 0 Å². The number of nitrogens with zero attached hydrogens (tertiary/aromatic N) is 2. The first-order chi connectivity index (χ1) is 9.61. The van der Waals surface area contributed by atoms with Gasteiger partial charge in [0, 0.05) is 31.0 Å². The van der Waals surface area contributed by atoms with Gasteiger partial charge in [-0.05, 0) is 49.2 Å². The zero-order chi connectivity index (χ0) is 14.5. The molecule has 2 rings (SSSR count). The molecule has 0 radical (unpaired) electrons. The van der Waals surface area contributed by atoms with Crippen molar-refractivity contribution in [3.8, 4) is 5.75 Å². The van der Waals surface area contributed by atoms with E-state index in [1.54, 1.807) is 29.4 Å². The van der Waals surface area contributed by atoms with Gasteiger partial charge in [0.05, 0.1) is 0 Å². The van der Waals surface area contributed by atoms with Gasteiger partial charge in [0.1, 0.15) is 5.75 Å². The van der Waals surface area contributed by atoms with Crippen LogP contribution in [0.25, 0.3) is 0 Å². The minimum Gasteiger partial charge on any atom is -0.508 e. The third-order valence-corrected chi connectivity index (χ3v) is 3.21. The molecule has 0 aliphatic carbocycles. The Morgan fingerprint density at radius 3 is 2.75 bits per heavy atom. The van der Waals surface area contributed by atoms with Crippen LogP contribution in [-0.4, -0.2) is 27.4 Å². The number of phenolic OH excluding ortho intramolecular Hbond substituents is 1. The summed E-state index contributed by atoms with van der Waals surface area (Å²) in [4.78, 5) is 18.4. The van der Waals surface area contributed by atoms with Crippen LogP contribution in [0.15, 0.2) is 42.7 Å². The number of pyridine rings is 1. The van der Waals surface area contributed by atoms with Crippen molar-refractivity contribution in [1.82, 2.24) is 9.88 Å². The maximum absolute atomic E-state index is 12.5. The summed E-state index contributed by atoms with van der Waals surface area (Å²) in [5.74, 6) is 0.142. The summed E-state index contributed by atoms with van der Waals surface area (Å²) >= 11 is 0. The first-order valence-electron chi connectivity index (χ1n) is 6.59. The molecule has 1 amide bonds. The molecule has 0 saturated carbocycles. The number of aromatic nitrogens is 1. The summed E-state index contributed by atoms with van der Waals surface area (Å²) in [7, 11) is 0. The summed E-state index contributed by atoms with van der Waals surface area (Å²) in [6.07, 6.45) is 3.48. The molecule has 0 unspecified atom stereocenters. The van der Waals surface area contributed by atoms with E-state index < -0.39 is 0 Å². The second kappa shape index (κ2) is 6.19. The number of phenols is 1. The van der Waals surface area contributed by atoms with Crippen molar-refractivity contribution in [2.45, 2.75) is 20.4 Å². The molecule has 4 heteroatoms. The third-order valence-electron chi connectivity index (χ3n) is 3.21. The van der Waals surface area contributed by atoms with E-state index in [0.29, 0.717) is 18.7 Å². The number of carbonyl (C=O) groups excluding carboxylic acids is 1. The number of amides is 1. The number of aromatic hydroxyl groups is 1. The minimum absolute atomic E-state index is 0.0335. The smallest absolute Gasteiger partial charge is 0.254 e. The van der Waals surface area contributed by atoms with Crippen LogP contribution in [0.1, 0.15) is 28.4 Å². The molecule has 4 nitrogen and oxygen atoms in total. The lowest BCUT2D eigenvalue weighted by molar-refractivity contribution is 0.0751. The monoisotopic (exact) mass is 270 g/mol. The topological polar surface area (TPSA) is 53.4 Å². The lowest BCUT2D eigenvalue weighted by atomic mass is 10.1. The summed E-state index contributed by atoms with van der Waals surface area (Å²) in [6, 6.07) is 8.62. The van der Waals surface area contributed by atoms with E-state index >= 15 is 0 Å². The second-order valence-corrected chi connectivity index (χ2v) is 4.68. The van der Waals surface area contributed by atoms with Crippen molar-refractivity contribution in [2.24, 2.45) is 0 Å². The van der Waals surface area contributed by atoms with Gasteiger partial charge in [-0.3, -0.25) is 9.78 Å². The fraction of sp³-hybridized carbons (Fsp3) is 0.250. The van der Waals surface area contributed by atoms with Crippen LogP contribution in [0, 0.1) is 6.92 Å². The number of rotatable bonds is 4. The highest BCUT2D eigenvalue weighted by molar-refractivity contribution is 5.95. The molecule has 0 aliphatic rings. The van der Waals surface area contributed by atoms with Gasteiger partial charge in [0.25, 0.3) is 5.91 Å². The van der Waals surface area contributed by atoms with Gasteiger partial charge in [-0.15, -0.1) is 0 Å². The van der Waals surface area contributed by atoms with Crippen LogP contribution in [0.2, 0.25) is 0 Å². The third kappa shape index (κ3) is 3.15. The van der Waals surface area contributed by atoms with Gasteiger partial charge in [0.2, 0.25) is 0 Å². The number of benzene rings is 1. The molecule has 1 aromatic heterocycles. The fourth-order valence-electron chi connectivity index (χ4n) is 2.10. The van der Waals surface area contributed by atoms with Crippen LogP contribution in [0.3, 0.4) is 0 Å². The highest BCUT2D eigenvalue weighted by Crippen LogP contribution is 2.18. The lowest BCUT2D eigenvalue weighted by Gasteiger charge is -2.22.